The number of hydrogen-bond donors (Lipinski definition) is 0. The summed E-state index contributed by atoms with van der Waals surface area (Å²) in [5, 5.41) is 0. The van der Waals surface area contributed by atoms with Gasteiger partial charge in [0.1, 0.15) is 0 Å². The van der Waals surface area contributed by atoms with Crippen LogP contribution in [0.1, 0.15) is 51.9 Å². The fourth-order valence-electron chi connectivity index (χ4n) is 3.19. The average molecular weight is 307 g/mol. The Morgan fingerprint density at radius 1 is 0.870 bits per heavy atom. The van der Waals surface area contributed by atoms with E-state index in [-0.39, 0.29) is 5.78 Å². The number of carbonyl (C=O) groups excluding carboxylic acids is 1. The number of nitrogens with zero attached hydrogens (tertiary/aromatic N) is 1. The molecular formula is C21H25NO. The van der Waals surface area contributed by atoms with Gasteiger partial charge in [-0.25, -0.2) is 0 Å². The van der Waals surface area contributed by atoms with Gasteiger partial charge in [-0.3, -0.25) is 9.69 Å². The maximum Gasteiger partial charge on any atom is 0.193 e. The number of aryl methyl sites for hydroxylation is 2. The van der Waals surface area contributed by atoms with E-state index in [2.05, 4.69) is 24.0 Å². The maximum atomic E-state index is 12.6. The Morgan fingerprint density at radius 3 is 2.17 bits per heavy atom. The Morgan fingerprint density at radius 2 is 1.52 bits per heavy atom. The lowest BCUT2D eigenvalue weighted by atomic mass is 9.98. The lowest BCUT2D eigenvalue weighted by molar-refractivity contribution is 0.103. The molecular weight excluding hydrogens is 282 g/mol. The molecule has 2 heteroatoms. The van der Waals surface area contributed by atoms with E-state index in [0.717, 1.165) is 23.2 Å². The van der Waals surface area contributed by atoms with Gasteiger partial charge < -0.3 is 0 Å². The minimum Gasteiger partial charge on any atom is -0.299 e. The summed E-state index contributed by atoms with van der Waals surface area (Å²) in [6.45, 7) is 7.51. The van der Waals surface area contributed by atoms with Crippen LogP contribution in [0.2, 0.25) is 0 Å². The predicted octanol–water partition coefficient (Wildman–Crippen LogP) is 4.52. The molecule has 2 nitrogen and oxygen atoms in total. The summed E-state index contributed by atoms with van der Waals surface area (Å²) in [6, 6.07) is 14.1. The first-order valence-electron chi connectivity index (χ1n) is 8.57. The molecule has 1 aliphatic rings. The van der Waals surface area contributed by atoms with Gasteiger partial charge in [-0.15, -0.1) is 0 Å². The highest BCUT2D eigenvalue weighted by Gasteiger charge is 2.12. The van der Waals surface area contributed by atoms with Crippen LogP contribution in [-0.2, 0) is 6.54 Å². The largest absolute Gasteiger partial charge is 0.299 e. The monoisotopic (exact) mass is 307 g/mol. The van der Waals surface area contributed by atoms with Gasteiger partial charge in [-0.05, 0) is 62.5 Å². The van der Waals surface area contributed by atoms with E-state index in [0.29, 0.717) is 0 Å². The van der Waals surface area contributed by atoms with Gasteiger partial charge in [0.15, 0.2) is 5.78 Å². The van der Waals surface area contributed by atoms with Gasteiger partial charge in [0.2, 0.25) is 0 Å². The third-order valence-corrected chi connectivity index (χ3v) is 4.84. The number of ketones is 1. The zero-order chi connectivity index (χ0) is 16.2. The van der Waals surface area contributed by atoms with Crippen LogP contribution in [0.5, 0.6) is 0 Å². The number of benzene rings is 2. The highest BCUT2D eigenvalue weighted by Crippen LogP contribution is 2.17. The molecule has 2 aromatic rings. The Labute approximate surface area is 139 Å². The zero-order valence-corrected chi connectivity index (χ0v) is 14.1. The van der Waals surface area contributed by atoms with Crippen LogP contribution < -0.4 is 0 Å². The Kier molecular flexibility index (Phi) is 4.92. The van der Waals surface area contributed by atoms with Gasteiger partial charge >= 0.3 is 0 Å². The molecule has 0 unspecified atom stereocenters. The Bertz CT molecular complexity index is 681. The molecule has 3 rings (SSSR count). The smallest absolute Gasteiger partial charge is 0.193 e. The first kappa shape index (κ1) is 15.9. The predicted molar refractivity (Wildman–Crippen MR) is 94.9 cm³/mol. The van der Waals surface area contributed by atoms with Crippen LogP contribution in [0.15, 0.2) is 42.5 Å². The molecule has 0 N–H and O–H groups in total. The molecule has 0 saturated carbocycles. The summed E-state index contributed by atoms with van der Waals surface area (Å²) in [4.78, 5) is 15.1. The normalized spacial score (nSPS) is 15.6. The summed E-state index contributed by atoms with van der Waals surface area (Å²) in [5.41, 5.74) is 5.23. The molecule has 1 heterocycles. The second kappa shape index (κ2) is 7.10. The molecule has 0 radical (unpaired) electrons. The third kappa shape index (κ3) is 3.89. The van der Waals surface area contributed by atoms with Crippen LogP contribution in [-0.4, -0.2) is 23.8 Å². The Balaban J connectivity index is 1.70. The molecule has 0 aromatic heterocycles. The van der Waals surface area contributed by atoms with E-state index >= 15 is 0 Å². The van der Waals surface area contributed by atoms with E-state index in [1.165, 1.54) is 43.5 Å². The third-order valence-electron chi connectivity index (χ3n) is 4.84. The van der Waals surface area contributed by atoms with Crippen LogP contribution in [0, 0.1) is 13.8 Å². The molecule has 1 aliphatic heterocycles. The topological polar surface area (TPSA) is 20.3 Å². The molecule has 1 saturated heterocycles. The second-order valence-corrected chi connectivity index (χ2v) is 6.66. The SMILES string of the molecule is Cc1ccc(C(=O)c2ccc(CN3CCCCC3)cc2)cc1C. The molecule has 23 heavy (non-hydrogen) atoms. The number of hydrogen-bond acceptors (Lipinski definition) is 2. The van der Waals surface area contributed by atoms with E-state index in [1.807, 2.05) is 37.3 Å². The minimum absolute atomic E-state index is 0.109. The van der Waals surface area contributed by atoms with Crippen molar-refractivity contribution in [3.8, 4) is 0 Å². The molecule has 2 aromatic carbocycles. The van der Waals surface area contributed by atoms with E-state index < -0.39 is 0 Å². The first-order valence-corrected chi connectivity index (χ1v) is 8.57. The van der Waals surface area contributed by atoms with E-state index in [1.54, 1.807) is 0 Å². The molecule has 0 aliphatic carbocycles. The summed E-state index contributed by atoms with van der Waals surface area (Å²) in [5.74, 6) is 0.109. The minimum atomic E-state index is 0.109. The van der Waals surface area contributed by atoms with Crippen molar-refractivity contribution in [3.05, 3.63) is 70.3 Å². The van der Waals surface area contributed by atoms with Crippen LogP contribution in [0.4, 0.5) is 0 Å². The van der Waals surface area contributed by atoms with Crippen LogP contribution in [0.3, 0.4) is 0 Å². The lowest BCUT2D eigenvalue weighted by Crippen LogP contribution is -2.29. The first-order chi connectivity index (χ1) is 11.1. The van der Waals surface area contributed by atoms with Crippen molar-refractivity contribution in [2.45, 2.75) is 39.7 Å². The zero-order valence-electron chi connectivity index (χ0n) is 14.1. The van der Waals surface area contributed by atoms with Crippen molar-refractivity contribution in [1.82, 2.24) is 4.90 Å². The second-order valence-electron chi connectivity index (χ2n) is 6.66. The molecule has 0 atom stereocenters. The Hall–Kier alpha value is -1.93. The van der Waals surface area contributed by atoms with E-state index in [9.17, 15) is 4.79 Å². The van der Waals surface area contributed by atoms with Crippen LogP contribution in [0.25, 0.3) is 0 Å². The maximum absolute atomic E-state index is 12.6. The highest BCUT2D eigenvalue weighted by atomic mass is 16.1. The van der Waals surface area contributed by atoms with Crippen molar-refractivity contribution in [3.63, 3.8) is 0 Å². The summed E-state index contributed by atoms with van der Waals surface area (Å²) >= 11 is 0. The average Bonchev–Trinajstić information content (AvgIpc) is 2.58. The fraction of sp³-hybridized carbons (Fsp3) is 0.381. The molecule has 0 spiro atoms. The standard InChI is InChI=1S/C21H25NO/c1-16-6-9-20(14-17(16)2)21(23)19-10-7-18(8-11-19)15-22-12-4-3-5-13-22/h6-11,14H,3-5,12-13,15H2,1-2H3. The summed E-state index contributed by atoms with van der Waals surface area (Å²) in [6.07, 6.45) is 3.98. The van der Waals surface area contributed by atoms with Gasteiger partial charge in [-0.1, -0.05) is 42.8 Å². The van der Waals surface area contributed by atoms with Crippen molar-refractivity contribution in [2.75, 3.05) is 13.1 Å². The number of rotatable bonds is 4. The van der Waals surface area contributed by atoms with Crippen molar-refractivity contribution >= 4 is 5.78 Å². The highest BCUT2D eigenvalue weighted by molar-refractivity contribution is 6.09. The molecule has 0 bridgehead atoms. The quantitative estimate of drug-likeness (QED) is 0.774. The summed E-state index contributed by atoms with van der Waals surface area (Å²) < 4.78 is 0. The van der Waals surface area contributed by atoms with Crippen molar-refractivity contribution in [1.29, 1.82) is 0 Å². The van der Waals surface area contributed by atoms with Gasteiger partial charge in [0.25, 0.3) is 0 Å². The molecule has 1 fully saturated rings. The number of likely N-dealkylation sites (tertiary alicyclic amines) is 1. The molecule has 120 valence electrons. The molecule has 0 amide bonds. The van der Waals surface area contributed by atoms with E-state index in [4.69, 9.17) is 0 Å². The number of piperidine rings is 1. The van der Waals surface area contributed by atoms with Crippen molar-refractivity contribution < 1.29 is 4.79 Å². The van der Waals surface area contributed by atoms with Crippen molar-refractivity contribution in [2.24, 2.45) is 0 Å². The lowest BCUT2D eigenvalue weighted by Gasteiger charge is -2.26. The number of carbonyl (C=O) groups is 1. The summed E-state index contributed by atoms with van der Waals surface area (Å²) in [7, 11) is 0. The van der Waals surface area contributed by atoms with Gasteiger partial charge in [0, 0.05) is 17.7 Å². The fourth-order valence-corrected chi connectivity index (χ4v) is 3.19. The van der Waals surface area contributed by atoms with Gasteiger partial charge in [0.05, 0.1) is 0 Å². The van der Waals surface area contributed by atoms with Gasteiger partial charge in [-0.2, -0.15) is 0 Å². The van der Waals surface area contributed by atoms with Crippen LogP contribution >= 0.6 is 0 Å².